The third-order valence-electron chi connectivity index (χ3n) is 5.65. The summed E-state index contributed by atoms with van der Waals surface area (Å²) in [6.07, 6.45) is -0.177. The van der Waals surface area contributed by atoms with E-state index < -0.39 is 52.8 Å². The topological polar surface area (TPSA) is 151 Å². The normalized spacial score (nSPS) is 14.3. The number of nitrogens with two attached hydrogens (primary N) is 1. The van der Waals surface area contributed by atoms with Crippen molar-refractivity contribution in [3.8, 4) is 11.5 Å². The highest BCUT2D eigenvalue weighted by molar-refractivity contribution is 5.81. The van der Waals surface area contributed by atoms with E-state index in [0.717, 1.165) is 0 Å². The van der Waals surface area contributed by atoms with E-state index in [4.69, 9.17) is 24.7 Å². The highest BCUT2D eigenvalue weighted by Crippen LogP contribution is 2.37. The third kappa shape index (κ3) is 10.3. The maximum absolute atomic E-state index is 12.7. The highest BCUT2D eigenvalue weighted by atomic mass is 16.7. The van der Waals surface area contributed by atoms with Crippen LogP contribution in [0.15, 0.2) is 18.2 Å². The lowest BCUT2D eigenvalue weighted by Crippen LogP contribution is -2.40. The maximum Gasteiger partial charge on any atom is 0.508 e. The van der Waals surface area contributed by atoms with Gasteiger partial charge in [0.2, 0.25) is 0 Å². The van der Waals surface area contributed by atoms with Gasteiger partial charge in [-0.05, 0) is 77.5 Å². The van der Waals surface area contributed by atoms with Crippen LogP contribution in [-0.2, 0) is 23.9 Å². The molecule has 0 aliphatic rings. The Morgan fingerprint density at radius 3 is 1.87 bits per heavy atom. The Balaban J connectivity index is 3.34. The van der Waals surface area contributed by atoms with Gasteiger partial charge in [-0.25, -0.2) is 4.79 Å². The van der Waals surface area contributed by atoms with Crippen LogP contribution in [0.4, 0.5) is 4.79 Å². The first kappa shape index (κ1) is 32.9. The summed E-state index contributed by atoms with van der Waals surface area (Å²) < 4.78 is 21.4. The van der Waals surface area contributed by atoms with Gasteiger partial charge in [-0.1, -0.05) is 26.8 Å². The number of carboxylic acids is 1. The van der Waals surface area contributed by atoms with E-state index >= 15 is 0 Å². The van der Waals surface area contributed by atoms with Crippen molar-refractivity contribution in [1.29, 1.82) is 0 Å². The van der Waals surface area contributed by atoms with Crippen LogP contribution < -0.4 is 15.2 Å². The van der Waals surface area contributed by atoms with Gasteiger partial charge in [0.25, 0.3) is 0 Å². The van der Waals surface area contributed by atoms with Crippen LogP contribution in [0.25, 0.3) is 0 Å². The van der Waals surface area contributed by atoms with Crippen LogP contribution in [0.3, 0.4) is 0 Å². The molecular weight excluding hydrogens is 494 g/mol. The molecule has 0 spiro atoms. The summed E-state index contributed by atoms with van der Waals surface area (Å²) >= 11 is 0. The number of rotatable bonds is 11. The lowest BCUT2D eigenvalue weighted by atomic mass is 9.82. The number of carboxylic acid groups (broad SMARTS) is 1. The zero-order chi connectivity index (χ0) is 29.4. The molecule has 10 nitrogen and oxygen atoms in total. The molecule has 0 aliphatic heterocycles. The van der Waals surface area contributed by atoms with E-state index in [9.17, 15) is 24.3 Å². The fourth-order valence-electron chi connectivity index (χ4n) is 3.17. The molecule has 0 fully saturated rings. The number of benzene rings is 1. The SMILES string of the molecule is CC(C)CCOC(=O)OCC(C)C(c1ccc(OC(=O)C(C)(C)C)c(OC(=O)C(C)(C)C)c1)[C@H](N)C(=O)O. The summed E-state index contributed by atoms with van der Waals surface area (Å²) in [5, 5.41) is 9.68. The van der Waals surface area contributed by atoms with Crippen molar-refractivity contribution in [3.63, 3.8) is 0 Å². The molecule has 0 radical (unpaired) electrons. The molecule has 0 aliphatic carbocycles. The van der Waals surface area contributed by atoms with E-state index in [1.54, 1.807) is 54.5 Å². The molecule has 0 saturated heterocycles. The Morgan fingerprint density at radius 2 is 1.39 bits per heavy atom. The van der Waals surface area contributed by atoms with Crippen molar-refractivity contribution in [2.75, 3.05) is 13.2 Å². The van der Waals surface area contributed by atoms with Crippen molar-refractivity contribution < 1.29 is 43.2 Å². The molecule has 0 amide bonds. The molecule has 3 atom stereocenters. The lowest BCUT2D eigenvalue weighted by molar-refractivity contribution is -0.145. The second-order valence-electron chi connectivity index (χ2n) is 11.9. The van der Waals surface area contributed by atoms with Gasteiger partial charge in [0, 0.05) is 5.92 Å². The number of aliphatic carboxylic acids is 1. The fraction of sp³-hybridized carbons (Fsp3) is 0.643. The Morgan fingerprint density at radius 1 is 0.868 bits per heavy atom. The van der Waals surface area contributed by atoms with E-state index in [0.29, 0.717) is 17.9 Å². The summed E-state index contributed by atoms with van der Waals surface area (Å²) in [6.45, 7) is 15.8. The molecule has 1 aromatic carbocycles. The van der Waals surface area contributed by atoms with Crippen LogP contribution in [0, 0.1) is 22.7 Å². The Labute approximate surface area is 225 Å². The van der Waals surface area contributed by atoms with Crippen molar-refractivity contribution in [2.24, 2.45) is 28.4 Å². The average Bonchev–Trinajstić information content (AvgIpc) is 2.77. The molecule has 2 unspecified atom stereocenters. The van der Waals surface area contributed by atoms with Crippen molar-refractivity contribution >= 4 is 24.1 Å². The number of hydrogen-bond acceptors (Lipinski definition) is 9. The molecular formula is C28H43NO9. The molecule has 38 heavy (non-hydrogen) atoms. The lowest BCUT2D eigenvalue weighted by Gasteiger charge is -2.28. The van der Waals surface area contributed by atoms with Crippen LogP contribution in [0.2, 0.25) is 0 Å². The molecule has 1 aromatic rings. The molecule has 1 rings (SSSR count). The highest BCUT2D eigenvalue weighted by Gasteiger charge is 2.34. The largest absolute Gasteiger partial charge is 0.508 e. The summed E-state index contributed by atoms with van der Waals surface area (Å²) in [5.74, 6) is -3.50. The molecule has 0 aromatic heterocycles. The Hall–Kier alpha value is -3.14. The minimum absolute atomic E-state index is 0.00607. The van der Waals surface area contributed by atoms with Gasteiger partial charge in [0.15, 0.2) is 11.5 Å². The van der Waals surface area contributed by atoms with Crippen molar-refractivity contribution in [2.45, 2.75) is 80.7 Å². The molecule has 0 saturated carbocycles. The predicted octanol–water partition coefficient (Wildman–Crippen LogP) is 4.92. The quantitative estimate of drug-likeness (QED) is 0.294. The second-order valence-corrected chi connectivity index (χ2v) is 11.9. The molecule has 0 heterocycles. The molecule has 10 heteroatoms. The number of hydrogen-bond donors (Lipinski definition) is 2. The predicted molar refractivity (Wildman–Crippen MR) is 141 cm³/mol. The maximum atomic E-state index is 12.7. The van der Waals surface area contributed by atoms with E-state index in [-0.39, 0.29) is 24.7 Å². The van der Waals surface area contributed by atoms with Gasteiger partial charge < -0.3 is 29.8 Å². The first-order chi connectivity index (χ1) is 17.3. The molecule has 214 valence electrons. The summed E-state index contributed by atoms with van der Waals surface area (Å²) in [6, 6.07) is 3.03. The number of ether oxygens (including phenoxy) is 4. The summed E-state index contributed by atoms with van der Waals surface area (Å²) in [4.78, 5) is 49.1. The van der Waals surface area contributed by atoms with Crippen LogP contribution >= 0.6 is 0 Å². The summed E-state index contributed by atoms with van der Waals surface area (Å²) in [7, 11) is 0. The fourth-order valence-corrected chi connectivity index (χ4v) is 3.17. The van der Waals surface area contributed by atoms with E-state index in [1.807, 2.05) is 13.8 Å². The number of carbonyl (C=O) groups is 4. The van der Waals surface area contributed by atoms with Crippen molar-refractivity contribution in [1.82, 2.24) is 0 Å². The zero-order valence-corrected chi connectivity index (χ0v) is 24.0. The minimum Gasteiger partial charge on any atom is -0.480 e. The van der Waals surface area contributed by atoms with Gasteiger partial charge in [-0.15, -0.1) is 0 Å². The van der Waals surface area contributed by atoms with Gasteiger partial charge >= 0.3 is 24.1 Å². The Kier molecular flexibility index (Phi) is 11.8. The molecule has 3 N–H and O–H groups in total. The number of esters is 2. The van der Waals surface area contributed by atoms with Gasteiger partial charge in [0.05, 0.1) is 24.0 Å². The molecule has 0 bridgehead atoms. The monoisotopic (exact) mass is 537 g/mol. The zero-order valence-electron chi connectivity index (χ0n) is 24.0. The van der Waals surface area contributed by atoms with E-state index in [2.05, 4.69) is 0 Å². The summed E-state index contributed by atoms with van der Waals surface area (Å²) in [5.41, 5.74) is 4.75. The average molecular weight is 538 g/mol. The van der Waals surface area contributed by atoms with Gasteiger partial charge in [-0.3, -0.25) is 14.4 Å². The van der Waals surface area contributed by atoms with Crippen LogP contribution in [0.1, 0.15) is 80.2 Å². The first-order valence-corrected chi connectivity index (χ1v) is 12.7. The van der Waals surface area contributed by atoms with Gasteiger partial charge in [-0.2, -0.15) is 0 Å². The second kappa shape index (κ2) is 13.6. The number of carbonyl (C=O) groups excluding carboxylic acids is 3. The minimum atomic E-state index is -1.38. The van der Waals surface area contributed by atoms with Crippen LogP contribution in [-0.4, -0.2) is 48.4 Å². The van der Waals surface area contributed by atoms with Crippen molar-refractivity contribution in [3.05, 3.63) is 23.8 Å². The van der Waals surface area contributed by atoms with Gasteiger partial charge in [0.1, 0.15) is 6.04 Å². The third-order valence-corrected chi connectivity index (χ3v) is 5.65. The van der Waals surface area contributed by atoms with Crippen LogP contribution in [0.5, 0.6) is 11.5 Å². The smallest absolute Gasteiger partial charge is 0.480 e. The van der Waals surface area contributed by atoms with E-state index in [1.165, 1.54) is 12.1 Å². The first-order valence-electron chi connectivity index (χ1n) is 12.7. The standard InChI is InChI=1S/C28H43NO9/c1-16(2)12-13-35-26(34)36-15-17(3)21(22(29)23(30)31)18-10-11-19(37-24(32)27(4,5)6)20(14-18)38-25(33)28(7,8)9/h10-11,14,16-17,21-22H,12-13,15,29H2,1-9H3,(H,30,31)/t17?,21?,22-/m0/s1. The Bertz CT molecular complexity index is 989.